The molecular weight excluding hydrogens is 574 g/mol. The van der Waals surface area contributed by atoms with E-state index in [4.69, 9.17) is 9.47 Å². The molecule has 2 N–H and O–H groups in total. The third-order valence-electron chi connectivity index (χ3n) is 9.30. The van der Waals surface area contributed by atoms with Crippen molar-refractivity contribution in [3.63, 3.8) is 0 Å². The van der Waals surface area contributed by atoms with Crippen molar-refractivity contribution in [2.24, 2.45) is 11.8 Å². The van der Waals surface area contributed by atoms with Crippen LogP contribution in [-0.2, 0) is 28.7 Å². The predicted molar refractivity (Wildman–Crippen MR) is 170 cm³/mol. The standard InChI is InChI=1S/C35H49N3O7/c1-4-7-12-21-37(20-6-3)33(42)31-35-19-18-26(45-35)29(30(35)32(41)38(31)22-13-14-23-39)34(43)44-27(25-15-10-9-11-16-25)24-36-28(40)17-8-5-2/h5-6,9-11,15-16,26-27,29-31,39H,2-4,7-8,12-14,17-24H2,1H3,(H,36,40)/t26-,27+,29+,30+,31-,35+/m1/s1. The van der Waals surface area contributed by atoms with E-state index >= 15 is 0 Å². The van der Waals surface area contributed by atoms with Crippen molar-refractivity contribution in [3.8, 4) is 0 Å². The molecule has 6 atom stereocenters. The zero-order valence-corrected chi connectivity index (χ0v) is 26.5. The summed E-state index contributed by atoms with van der Waals surface area (Å²) < 4.78 is 12.7. The van der Waals surface area contributed by atoms with E-state index in [0.29, 0.717) is 45.2 Å². The number of ether oxygens (including phenoxy) is 2. The Balaban J connectivity index is 1.60. The number of hydrogen-bond donors (Lipinski definition) is 2. The third-order valence-corrected chi connectivity index (χ3v) is 9.30. The van der Waals surface area contributed by atoms with Crippen molar-refractivity contribution in [1.82, 2.24) is 15.1 Å². The number of unbranched alkanes of at least 4 members (excludes halogenated alkanes) is 3. The first-order chi connectivity index (χ1) is 21.8. The van der Waals surface area contributed by atoms with Crippen LogP contribution in [0.4, 0.5) is 0 Å². The lowest BCUT2D eigenvalue weighted by Crippen LogP contribution is -2.56. The minimum Gasteiger partial charge on any atom is -0.455 e. The summed E-state index contributed by atoms with van der Waals surface area (Å²) in [6, 6.07) is 8.32. The second-order valence-electron chi connectivity index (χ2n) is 12.3. The van der Waals surface area contributed by atoms with Gasteiger partial charge in [0.05, 0.1) is 24.5 Å². The quantitative estimate of drug-likeness (QED) is 0.137. The Hall–Kier alpha value is -3.50. The highest BCUT2D eigenvalue weighted by Gasteiger charge is 2.75. The fourth-order valence-corrected chi connectivity index (χ4v) is 7.15. The molecule has 0 saturated carbocycles. The number of hydrogen-bond acceptors (Lipinski definition) is 7. The molecule has 0 radical (unpaired) electrons. The van der Waals surface area contributed by atoms with Crippen LogP contribution in [0, 0.1) is 11.8 Å². The van der Waals surface area contributed by atoms with Crippen molar-refractivity contribution in [1.29, 1.82) is 0 Å². The van der Waals surface area contributed by atoms with Crippen molar-refractivity contribution in [2.45, 2.75) is 88.6 Å². The number of amides is 3. The van der Waals surface area contributed by atoms with Gasteiger partial charge in [0.1, 0.15) is 17.7 Å². The van der Waals surface area contributed by atoms with E-state index in [9.17, 15) is 24.3 Å². The van der Waals surface area contributed by atoms with Gasteiger partial charge in [0.15, 0.2) is 0 Å². The van der Waals surface area contributed by atoms with Gasteiger partial charge in [0, 0.05) is 32.7 Å². The van der Waals surface area contributed by atoms with Gasteiger partial charge in [-0.1, -0.05) is 62.2 Å². The molecule has 0 aliphatic carbocycles. The van der Waals surface area contributed by atoms with Gasteiger partial charge in [-0.3, -0.25) is 19.2 Å². The third kappa shape index (κ3) is 7.49. The topological polar surface area (TPSA) is 125 Å². The number of nitrogens with one attached hydrogen (secondary N) is 1. The van der Waals surface area contributed by atoms with Gasteiger partial charge in [0.2, 0.25) is 17.7 Å². The summed E-state index contributed by atoms with van der Waals surface area (Å²) >= 11 is 0. The molecule has 3 amide bonds. The predicted octanol–water partition coefficient (Wildman–Crippen LogP) is 3.71. The van der Waals surface area contributed by atoms with Crippen LogP contribution in [0.2, 0.25) is 0 Å². The van der Waals surface area contributed by atoms with Crippen molar-refractivity contribution in [3.05, 3.63) is 61.2 Å². The van der Waals surface area contributed by atoms with E-state index in [1.54, 1.807) is 22.0 Å². The van der Waals surface area contributed by atoms with Crippen LogP contribution in [0.15, 0.2) is 55.6 Å². The molecule has 0 aromatic heterocycles. The van der Waals surface area contributed by atoms with Gasteiger partial charge in [0.25, 0.3) is 0 Å². The summed E-state index contributed by atoms with van der Waals surface area (Å²) in [6.07, 6.45) is 7.71. The number of nitrogens with zero attached hydrogens (tertiary/aromatic N) is 2. The molecule has 3 heterocycles. The Kier molecular flexibility index (Phi) is 12.4. The Morgan fingerprint density at radius 3 is 2.64 bits per heavy atom. The van der Waals surface area contributed by atoms with Crippen LogP contribution in [0.25, 0.3) is 0 Å². The number of fused-ring (bicyclic) bond motifs is 1. The van der Waals surface area contributed by atoms with E-state index in [-0.39, 0.29) is 43.8 Å². The summed E-state index contributed by atoms with van der Waals surface area (Å²) in [7, 11) is 0. The maximum absolute atomic E-state index is 14.3. The van der Waals surface area contributed by atoms with E-state index in [1.807, 2.05) is 30.3 Å². The summed E-state index contributed by atoms with van der Waals surface area (Å²) in [5.74, 6) is -2.94. The maximum Gasteiger partial charge on any atom is 0.313 e. The molecule has 3 aliphatic heterocycles. The summed E-state index contributed by atoms with van der Waals surface area (Å²) in [5, 5.41) is 12.3. The van der Waals surface area contributed by atoms with Crippen LogP contribution in [0.1, 0.15) is 76.4 Å². The largest absolute Gasteiger partial charge is 0.455 e. The van der Waals surface area contributed by atoms with E-state index < -0.39 is 41.7 Å². The number of rotatable bonds is 19. The first-order valence-electron chi connectivity index (χ1n) is 16.4. The fourth-order valence-electron chi connectivity index (χ4n) is 7.15. The minimum atomic E-state index is -1.13. The van der Waals surface area contributed by atoms with Gasteiger partial charge < -0.3 is 29.7 Å². The molecule has 10 heteroatoms. The monoisotopic (exact) mass is 623 g/mol. The first-order valence-corrected chi connectivity index (χ1v) is 16.4. The van der Waals surface area contributed by atoms with Crippen molar-refractivity contribution >= 4 is 23.7 Å². The molecule has 1 aromatic carbocycles. The Morgan fingerprint density at radius 1 is 1.18 bits per heavy atom. The minimum absolute atomic E-state index is 0.0205. The molecule has 4 rings (SSSR count). The van der Waals surface area contributed by atoms with Gasteiger partial charge in [-0.2, -0.15) is 0 Å². The van der Waals surface area contributed by atoms with Crippen LogP contribution >= 0.6 is 0 Å². The summed E-state index contributed by atoms with van der Waals surface area (Å²) in [5.41, 5.74) is -0.412. The second kappa shape index (κ2) is 16.2. The molecule has 1 aromatic rings. The van der Waals surface area contributed by atoms with E-state index in [2.05, 4.69) is 25.4 Å². The van der Waals surface area contributed by atoms with Gasteiger partial charge in [-0.05, 0) is 44.1 Å². The van der Waals surface area contributed by atoms with Crippen LogP contribution in [-0.4, -0.2) is 89.1 Å². The average Bonchev–Trinajstić information content (AvgIpc) is 3.69. The number of carbonyl (C=O) groups excluding carboxylic acids is 4. The first kappa shape index (κ1) is 34.4. The molecule has 3 fully saturated rings. The Bertz CT molecular complexity index is 1210. The number of aliphatic hydroxyl groups excluding tert-OH is 1. The van der Waals surface area contributed by atoms with Crippen LogP contribution in [0.5, 0.6) is 0 Å². The molecule has 2 bridgehead atoms. The molecule has 0 unspecified atom stereocenters. The van der Waals surface area contributed by atoms with E-state index in [1.165, 1.54) is 0 Å². The fraction of sp³-hybridized carbons (Fsp3) is 0.600. The lowest BCUT2D eigenvalue weighted by atomic mass is 9.70. The van der Waals surface area contributed by atoms with Crippen LogP contribution in [0.3, 0.4) is 0 Å². The number of allylic oxidation sites excluding steroid dienone is 1. The van der Waals surface area contributed by atoms with Crippen LogP contribution < -0.4 is 5.32 Å². The van der Waals surface area contributed by atoms with Gasteiger partial charge >= 0.3 is 5.97 Å². The Labute approximate surface area is 266 Å². The maximum atomic E-state index is 14.3. The number of likely N-dealkylation sites (tertiary alicyclic amines) is 1. The Morgan fingerprint density at radius 2 is 1.96 bits per heavy atom. The molecule has 45 heavy (non-hydrogen) atoms. The molecule has 246 valence electrons. The van der Waals surface area contributed by atoms with Gasteiger partial charge in [-0.15, -0.1) is 13.2 Å². The second-order valence-corrected chi connectivity index (χ2v) is 12.3. The molecular formula is C35H49N3O7. The average molecular weight is 624 g/mol. The summed E-state index contributed by atoms with van der Waals surface area (Å²) in [4.78, 5) is 58.3. The number of carbonyl (C=O) groups is 4. The summed E-state index contributed by atoms with van der Waals surface area (Å²) in [6.45, 7) is 10.8. The molecule has 3 saturated heterocycles. The van der Waals surface area contributed by atoms with Gasteiger partial charge in [-0.25, -0.2) is 0 Å². The zero-order valence-electron chi connectivity index (χ0n) is 26.5. The molecule has 1 spiro atoms. The van der Waals surface area contributed by atoms with Crippen molar-refractivity contribution in [2.75, 3.05) is 32.8 Å². The lowest BCUT2D eigenvalue weighted by Gasteiger charge is -2.37. The highest BCUT2D eigenvalue weighted by molar-refractivity contribution is 5.98. The van der Waals surface area contributed by atoms with Crippen molar-refractivity contribution < 1.29 is 33.8 Å². The smallest absolute Gasteiger partial charge is 0.313 e. The molecule has 10 nitrogen and oxygen atoms in total. The van der Waals surface area contributed by atoms with E-state index in [0.717, 1.165) is 24.8 Å². The SMILES string of the molecule is C=CCCC(=O)NC[C@H](OC(=O)[C@@H]1[C@H]2C(=O)N(CCCCO)[C@H](C(=O)N(CC=C)CCCCC)[C@]23CC[C@H]1O3)c1ccccc1. The molecule has 3 aliphatic rings. The number of benzene rings is 1. The lowest BCUT2D eigenvalue weighted by molar-refractivity contribution is -0.160. The number of esters is 1. The zero-order chi connectivity index (χ0) is 32.4. The normalized spacial score (nSPS) is 25.5. The highest BCUT2D eigenvalue weighted by Crippen LogP contribution is 2.59. The highest BCUT2D eigenvalue weighted by atomic mass is 16.6. The number of aliphatic hydroxyl groups is 1.